The van der Waals surface area contributed by atoms with Gasteiger partial charge in [-0.05, 0) is 31.1 Å². The van der Waals surface area contributed by atoms with Gasteiger partial charge in [-0.15, -0.1) is 0 Å². The fraction of sp³-hybridized carbons (Fsp3) is 0.438. The molecule has 4 amide bonds. The summed E-state index contributed by atoms with van der Waals surface area (Å²) in [4.78, 5) is 38.0. The standard InChI is InChI=1S/C16H19N3O3/c1-18-9-5-8-12(18)10-13-14(20)17-16(22)19(15(13)21)11-6-3-2-4-7-11/h5,8-11H,2-4,6-7H2,1H3,(H,17,20,22)/b13-10-. The summed E-state index contributed by atoms with van der Waals surface area (Å²) in [5.41, 5.74) is 0.767. The van der Waals surface area contributed by atoms with Gasteiger partial charge < -0.3 is 4.57 Å². The van der Waals surface area contributed by atoms with E-state index in [1.807, 2.05) is 29.9 Å². The van der Waals surface area contributed by atoms with Crippen LogP contribution in [0.1, 0.15) is 37.8 Å². The van der Waals surface area contributed by atoms with Crippen LogP contribution in [-0.2, 0) is 16.6 Å². The van der Waals surface area contributed by atoms with Crippen LogP contribution in [0.5, 0.6) is 0 Å². The van der Waals surface area contributed by atoms with Crippen LogP contribution >= 0.6 is 0 Å². The summed E-state index contributed by atoms with van der Waals surface area (Å²) in [6.07, 6.45) is 8.14. The third-order valence-corrected chi connectivity index (χ3v) is 4.35. The Morgan fingerprint density at radius 3 is 2.55 bits per heavy atom. The van der Waals surface area contributed by atoms with Crippen LogP contribution in [0, 0.1) is 0 Å². The van der Waals surface area contributed by atoms with Crippen molar-refractivity contribution in [2.24, 2.45) is 7.05 Å². The van der Waals surface area contributed by atoms with E-state index in [-0.39, 0.29) is 11.6 Å². The molecule has 2 heterocycles. The van der Waals surface area contributed by atoms with E-state index in [0.29, 0.717) is 0 Å². The van der Waals surface area contributed by atoms with Gasteiger partial charge in [0.15, 0.2) is 0 Å². The minimum Gasteiger partial charge on any atom is -0.351 e. The molecule has 0 spiro atoms. The molecule has 0 radical (unpaired) electrons. The average Bonchev–Trinajstić information content (AvgIpc) is 2.89. The molecular weight excluding hydrogens is 282 g/mol. The highest BCUT2D eigenvalue weighted by Crippen LogP contribution is 2.26. The lowest BCUT2D eigenvalue weighted by molar-refractivity contribution is -0.132. The average molecular weight is 301 g/mol. The first kappa shape index (κ1) is 14.6. The maximum absolute atomic E-state index is 12.6. The fourth-order valence-electron chi connectivity index (χ4n) is 3.11. The van der Waals surface area contributed by atoms with Gasteiger partial charge in [0.1, 0.15) is 5.57 Å². The third-order valence-electron chi connectivity index (χ3n) is 4.35. The molecule has 0 unspecified atom stereocenters. The van der Waals surface area contributed by atoms with Crippen molar-refractivity contribution < 1.29 is 14.4 Å². The lowest BCUT2D eigenvalue weighted by Crippen LogP contribution is -2.58. The van der Waals surface area contributed by atoms with Crippen LogP contribution in [-0.4, -0.2) is 33.4 Å². The number of nitrogens with one attached hydrogen (secondary N) is 1. The molecule has 116 valence electrons. The van der Waals surface area contributed by atoms with Crippen molar-refractivity contribution in [1.29, 1.82) is 0 Å². The molecule has 1 aromatic rings. The van der Waals surface area contributed by atoms with Crippen molar-refractivity contribution in [3.63, 3.8) is 0 Å². The minimum absolute atomic E-state index is 0.0203. The number of aryl methyl sites for hydroxylation is 1. The normalized spacial score (nSPS) is 22.3. The second kappa shape index (κ2) is 5.79. The van der Waals surface area contributed by atoms with Crippen LogP contribution in [0.25, 0.3) is 6.08 Å². The van der Waals surface area contributed by atoms with E-state index in [1.165, 1.54) is 4.90 Å². The predicted molar refractivity (Wildman–Crippen MR) is 80.6 cm³/mol. The van der Waals surface area contributed by atoms with Crippen LogP contribution < -0.4 is 5.32 Å². The van der Waals surface area contributed by atoms with Crippen LogP contribution in [0.2, 0.25) is 0 Å². The highest BCUT2D eigenvalue weighted by molar-refractivity contribution is 6.31. The van der Waals surface area contributed by atoms with Gasteiger partial charge >= 0.3 is 6.03 Å². The van der Waals surface area contributed by atoms with Gasteiger partial charge in [-0.2, -0.15) is 0 Å². The van der Waals surface area contributed by atoms with Crippen molar-refractivity contribution in [2.45, 2.75) is 38.1 Å². The molecule has 1 aliphatic carbocycles. The topological polar surface area (TPSA) is 71.4 Å². The first-order chi connectivity index (χ1) is 10.6. The molecule has 3 rings (SSSR count). The number of urea groups is 1. The van der Waals surface area contributed by atoms with Gasteiger partial charge in [0.05, 0.1) is 0 Å². The molecule has 6 nitrogen and oxygen atoms in total. The number of carbonyl (C=O) groups excluding carboxylic acids is 3. The van der Waals surface area contributed by atoms with E-state index in [2.05, 4.69) is 5.32 Å². The Bertz CT molecular complexity index is 653. The smallest absolute Gasteiger partial charge is 0.331 e. The quantitative estimate of drug-likeness (QED) is 0.669. The van der Waals surface area contributed by atoms with Crippen molar-refractivity contribution in [3.8, 4) is 0 Å². The fourth-order valence-corrected chi connectivity index (χ4v) is 3.11. The molecule has 1 saturated carbocycles. The van der Waals surface area contributed by atoms with E-state index in [1.54, 1.807) is 6.08 Å². The zero-order valence-corrected chi connectivity index (χ0v) is 12.5. The summed E-state index contributed by atoms with van der Waals surface area (Å²) in [7, 11) is 1.83. The highest BCUT2D eigenvalue weighted by atomic mass is 16.2. The van der Waals surface area contributed by atoms with E-state index in [4.69, 9.17) is 0 Å². The van der Waals surface area contributed by atoms with Gasteiger partial charge in [-0.25, -0.2) is 4.79 Å². The second-order valence-corrected chi connectivity index (χ2v) is 5.83. The van der Waals surface area contributed by atoms with Crippen molar-refractivity contribution in [3.05, 3.63) is 29.6 Å². The Kier molecular flexibility index (Phi) is 3.83. The molecule has 0 aromatic carbocycles. The maximum atomic E-state index is 12.6. The minimum atomic E-state index is -0.622. The Balaban J connectivity index is 1.92. The molecular formula is C16H19N3O3. The Morgan fingerprint density at radius 1 is 1.18 bits per heavy atom. The Labute approximate surface area is 128 Å². The molecule has 1 aromatic heterocycles. The molecule has 1 N–H and O–H groups in total. The monoisotopic (exact) mass is 301 g/mol. The Hall–Kier alpha value is -2.37. The van der Waals surface area contributed by atoms with E-state index in [0.717, 1.165) is 37.8 Å². The predicted octanol–water partition coefficient (Wildman–Crippen LogP) is 1.82. The number of nitrogens with zero attached hydrogens (tertiary/aromatic N) is 2. The van der Waals surface area contributed by atoms with Crippen LogP contribution in [0.4, 0.5) is 4.79 Å². The largest absolute Gasteiger partial charge is 0.351 e. The van der Waals surface area contributed by atoms with Crippen molar-refractivity contribution in [2.75, 3.05) is 0 Å². The van der Waals surface area contributed by atoms with Crippen molar-refractivity contribution >= 4 is 23.9 Å². The van der Waals surface area contributed by atoms with E-state index in [9.17, 15) is 14.4 Å². The van der Waals surface area contributed by atoms with Gasteiger partial charge in [-0.1, -0.05) is 19.3 Å². The van der Waals surface area contributed by atoms with Crippen LogP contribution in [0.15, 0.2) is 23.9 Å². The van der Waals surface area contributed by atoms with Gasteiger partial charge in [0.25, 0.3) is 11.8 Å². The zero-order chi connectivity index (χ0) is 15.7. The number of barbiturate groups is 1. The number of hydrogen-bond donors (Lipinski definition) is 1. The third kappa shape index (κ3) is 2.56. The molecule has 1 aliphatic heterocycles. The zero-order valence-electron chi connectivity index (χ0n) is 12.5. The van der Waals surface area contributed by atoms with Gasteiger partial charge in [-0.3, -0.25) is 19.8 Å². The lowest BCUT2D eigenvalue weighted by Gasteiger charge is -2.35. The second-order valence-electron chi connectivity index (χ2n) is 5.83. The number of carbonyl (C=O) groups is 3. The molecule has 2 aliphatic rings. The number of aromatic nitrogens is 1. The number of rotatable bonds is 2. The summed E-state index contributed by atoms with van der Waals surface area (Å²) in [6.45, 7) is 0. The summed E-state index contributed by atoms with van der Waals surface area (Å²) in [5, 5.41) is 2.29. The van der Waals surface area contributed by atoms with E-state index >= 15 is 0 Å². The molecule has 22 heavy (non-hydrogen) atoms. The molecule has 1 saturated heterocycles. The summed E-state index contributed by atoms with van der Waals surface area (Å²) >= 11 is 0. The summed E-state index contributed by atoms with van der Waals surface area (Å²) in [6, 6.07) is 2.95. The molecule has 0 atom stereocenters. The van der Waals surface area contributed by atoms with Crippen molar-refractivity contribution in [1.82, 2.24) is 14.8 Å². The summed E-state index contributed by atoms with van der Waals surface area (Å²) < 4.78 is 1.81. The number of amides is 4. The SMILES string of the molecule is Cn1cccc1/C=C1/C(=O)NC(=O)N(C2CCCCC2)C1=O. The molecule has 2 fully saturated rings. The maximum Gasteiger partial charge on any atom is 0.331 e. The molecule has 6 heteroatoms. The van der Waals surface area contributed by atoms with E-state index < -0.39 is 17.8 Å². The molecule has 0 bridgehead atoms. The van der Waals surface area contributed by atoms with Crippen LogP contribution in [0.3, 0.4) is 0 Å². The Morgan fingerprint density at radius 2 is 1.91 bits per heavy atom. The summed E-state index contributed by atoms with van der Waals surface area (Å²) in [5.74, 6) is -1.11. The number of hydrogen-bond acceptors (Lipinski definition) is 3. The number of imide groups is 2. The van der Waals surface area contributed by atoms with Gasteiger partial charge in [0, 0.05) is 25.0 Å². The first-order valence-electron chi connectivity index (χ1n) is 7.60. The lowest BCUT2D eigenvalue weighted by atomic mass is 9.93. The highest BCUT2D eigenvalue weighted by Gasteiger charge is 2.40. The first-order valence-corrected chi connectivity index (χ1v) is 7.60. The van der Waals surface area contributed by atoms with Gasteiger partial charge in [0.2, 0.25) is 0 Å².